The number of pyridine rings is 1. The Morgan fingerprint density at radius 3 is 2.69 bits per heavy atom. The molecule has 0 saturated heterocycles. The Morgan fingerprint density at radius 2 is 2.15 bits per heavy atom. The van der Waals surface area contributed by atoms with Gasteiger partial charge in [-0.3, -0.25) is 0 Å². The first-order valence-electron chi connectivity index (χ1n) is 3.98. The number of nitrogens with zero attached hydrogens (tertiary/aromatic N) is 2. The van der Waals surface area contributed by atoms with Crippen molar-refractivity contribution >= 4 is 23.2 Å². The van der Waals surface area contributed by atoms with Gasteiger partial charge in [-0.1, -0.05) is 23.2 Å². The fourth-order valence-corrected chi connectivity index (χ4v) is 1.82. The Balaban J connectivity index is 2.58. The second kappa shape index (κ2) is 3.17. The summed E-state index contributed by atoms with van der Waals surface area (Å²) in [6.07, 6.45) is 2.23. The molecule has 1 aliphatic rings. The zero-order valence-electron chi connectivity index (χ0n) is 6.72. The minimum Gasteiger partial charge on any atom is -0.223 e. The summed E-state index contributed by atoms with van der Waals surface area (Å²) in [7, 11) is 0. The molecule has 0 radical (unpaired) electrons. The molecular formula is C9H6Cl2N2. The number of hydrogen-bond donors (Lipinski definition) is 0. The van der Waals surface area contributed by atoms with Crippen molar-refractivity contribution in [3.8, 4) is 6.07 Å². The molecule has 2 nitrogen and oxygen atoms in total. The first kappa shape index (κ1) is 8.80. The number of hydrogen-bond acceptors (Lipinski definition) is 2. The Hall–Kier alpha value is -0.780. The molecule has 4 heteroatoms. The smallest absolute Gasteiger partial charge is 0.148 e. The molecule has 2 rings (SSSR count). The summed E-state index contributed by atoms with van der Waals surface area (Å²) < 4.78 is 0. The molecule has 0 atom stereocenters. The average molecular weight is 213 g/mol. The molecule has 13 heavy (non-hydrogen) atoms. The Morgan fingerprint density at radius 1 is 1.46 bits per heavy atom. The van der Waals surface area contributed by atoms with Crippen molar-refractivity contribution in [3.05, 3.63) is 27.5 Å². The van der Waals surface area contributed by atoms with Gasteiger partial charge in [0.25, 0.3) is 0 Å². The molecule has 1 fully saturated rings. The maximum Gasteiger partial charge on any atom is 0.148 e. The number of aromatic nitrogens is 1. The third-order valence-corrected chi connectivity index (χ3v) is 2.57. The Kier molecular flexibility index (Phi) is 2.15. The maximum absolute atomic E-state index is 8.85. The Bertz CT molecular complexity index is 391. The second-order valence-electron chi connectivity index (χ2n) is 3.09. The van der Waals surface area contributed by atoms with Crippen LogP contribution in [0, 0.1) is 11.3 Å². The van der Waals surface area contributed by atoms with E-state index in [0.717, 1.165) is 18.4 Å². The van der Waals surface area contributed by atoms with E-state index < -0.39 is 0 Å². The number of rotatable bonds is 1. The molecule has 0 unspecified atom stereocenters. The van der Waals surface area contributed by atoms with Gasteiger partial charge in [0.05, 0.1) is 5.56 Å². The number of halogens is 2. The van der Waals surface area contributed by atoms with E-state index in [1.54, 1.807) is 6.07 Å². The van der Waals surface area contributed by atoms with Crippen LogP contribution in [0.15, 0.2) is 6.07 Å². The van der Waals surface area contributed by atoms with E-state index in [1.165, 1.54) is 0 Å². The summed E-state index contributed by atoms with van der Waals surface area (Å²) >= 11 is 11.5. The zero-order valence-corrected chi connectivity index (χ0v) is 8.23. The van der Waals surface area contributed by atoms with Crippen LogP contribution in [0.5, 0.6) is 0 Å². The summed E-state index contributed by atoms with van der Waals surface area (Å²) in [5.41, 5.74) is 1.43. The van der Waals surface area contributed by atoms with Gasteiger partial charge in [-0.2, -0.15) is 5.26 Å². The predicted octanol–water partition coefficient (Wildman–Crippen LogP) is 3.14. The molecule has 0 bridgehead atoms. The van der Waals surface area contributed by atoms with Crippen LogP contribution < -0.4 is 0 Å². The highest BCUT2D eigenvalue weighted by Gasteiger charge is 2.28. The van der Waals surface area contributed by atoms with Crippen LogP contribution in [-0.4, -0.2) is 4.98 Å². The van der Waals surface area contributed by atoms with E-state index in [9.17, 15) is 0 Å². The van der Waals surface area contributed by atoms with E-state index in [0.29, 0.717) is 16.6 Å². The van der Waals surface area contributed by atoms with E-state index in [1.807, 2.05) is 0 Å². The SMILES string of the molecule is N#Cc1c(C2CC2)cc(Cl)nc1Cl. The van der Waals surface area contributed by atoms with Crippen molar-refractivity contribution in [3.63, 3.8) is 0 Å². The summed E-state index contributed by atoms with van der Waals surface area (Å²) in [4.78, 5) is 3.82. The monoisotopic (exact) mass is 212 g/mol. The lowest BCUT2D eigenvalue weighted by Crippen LogP contribution is -1.91. The van der Waals surface area contributed by atoms with Gasteiger partial charge in [0.15, 0.2) is 0 Å². The van der Waals surface area contributed by atoms with Crippen LogP contribution in [0.2, 0.25) is 10.3 Å². The third-order valence-electron chi connectivity index (χ3n) is 2.10. The minimum atomic E-state index is 0.219. The highest BCUT2D eigenvalue weighted by Crippen LogP contribution is 2.43. The van der Waals surface area contributed by atoms with E-state index >= 15 is 0 Å². The van der Waals surface area contributed by atoms with E-state index in [2.05, 4.69) is 11.1 Å². The molecule has 1 saturated carbocycles. The molecule has 0 amide bonds. The van der Waals surface area contributed by atoms with Crippen molar-refractivity contribution in [2.75, 3.05) is 0 Å². The van der Waals surface area contributed by atoms with Crippen molar-refractivity contribution < 1.29 is 0 Å². The van der Waals surface area contributed by atoms with Crippen LogP contribution in [0.25, 0.3) is 0 Å². The van der Waals surface area contributed by atoms with Gasteiger partial charge in [0, 0.05) is 0 Å². The molecule has 1 heterocycles. The van der Waals surface area contributed by atoms with Crippen LogP contribution in [0.4, 0.5) is 0 Å². The van der Waals surface area contributed by atoms with E-state index in [-0.39, 0.29) is 5.15 Å². The van der Waals surface area contributed by atoms with Crippen molar-refractivity contribution in [2.24, 2.45) is 0 Å². The molecule has 0 spiro atoms. The predicted molar refractivity (Wildman–Crippen MR) is 50.9 cm³/mol. The van der Waals surface area contributed by atoms with Gasteiger partial charge in [0.1, 0.15) is 16.4 Å². The molecule has 1 aromatic rings. The first-order valence-corrected chi connectivity index (χ1v) is 4.74. The zero-order chi connectivity index (χ0) is 9.42. The fourth-order valence-electron chi connectivity index (χ4n) is 1.33. The van der Waals surface area contributed by atoms with Crippen molar-refractivity contribution in [2.45, 2.75) is 18.8 Å². The first-order chi connectivity index (χ1) is 6.22. The molecule has 0 N–H and O–H groups in total. The Labute approximate surface area is 86.1 Å². The topological polar surface area (TPSA) is 36.7 Å². The van der Waals surface area contributed by atoms with Crippen LogP contribution in [-0.2, 0) is 0 Å². The lowest BCUT2D eigenvalue weighted by molar-refractivity contribution is 1.09. The summed E-state index contributed by atoms with van der Waals surface area (Å²) in [5.74, 6) is 0.465. The quantitative estimate of drug-likeness (QED) is 0.672. The van der Waals surface area contributed by atoms with Crippen LogP contribution in [0.3, 0.4) is 0 Å². The van der Waals surface area contributed by atoms with Gasteiger partial charge >= 0.3 is 0 Å². The summed E-state index contributed by atoms with van der Waals surface area (Å²) in [6, 6.07) is 3.80. The lowest BCUT2D eigenvalue weighted by Gasteiger charge is -2.03. The van der Waals surface area contributed by atoms with Gasteiger partial charge in [-0.15, -0.1) is 0 Å². The molecule has 0 aromatic carbocycles. The molecule has 1 aromatic heterocycles. The van der Waals surface area contributed by atoms with Crippen molar-refractivity contribution in [1.82, 2.24) is 4.98 Å². The molecular weight excluding hydrogens is 207 g/mol. The largest absolute Gasteiger partial charge is 0.223 e. The summed E-state index contributed by atoms with van der Waals surface area (Å²) in [6.45, 7) is 0. The lowest BCUT2D eigenvalue weighted by atomic mass is 10.1. The van der Waals surface area contributed by atoms with Gasteiger partial charge in [-0.25, -0.2) is 4.98 Å². The van der Waals surface area contributed by atoms with Gasteiger partial charge < -0.3 is 0 Å². The molecule has 0 aliphatic heterocycles. The fraction of sp³-hybridized carbons (Fsp3) is 0.333. The highest BCUT2D eigenvalue weighted by molar-refractivity contribution is 6.33. The normalized spacial score (nSPS) is 15.5. The van der Waals surface area contributed by atoms with Crippen molar-refractivity contribution in [1.29, 1.82) is 5.26 Å². The van der Waals surface area contributed by atoms with Gasteiger partial charge in [-0.05, 0) is 30.4 Å². The highest BCUT2D eigenvalue weighted by atomic mass is 35.5. The molecule has 1 aliphatic carbocycles. The van der Waals surface area contributed by atoms with E-state index in [4.69, 9.17) is 28.5 Å². The molecule has 66 valence electrons. The van der Waals surface area contributed by atoms with Gasteiger partial charge in [0.2, 0.25) is 0 Å². The average Bonchev–Trinajstić information content (AvgIpc) is 2.85. The number of nitriles is 1. The minimum absolute atomic E-state index is 0.219. The second-order valence-corrected chi connectivity index (χ2v) is 3.83. The van der Waals surface area contributed by atoms with Crippen LogP contribution in [0.1, 0.15) is 29.9 Å². The maximum atomic E-state index is 8.85. The summed E-state index contributed by atoms with van der Waals surface area (Å²) in [5, 5.41) is 9.44. The third kappa shape index (κ3) is 1.63. The standard InChI is InChI=1S/C9H6Cl2N2/c10-8-3-6(5-1-2-5)7(4-12)9(11)13-8/h3,5H,1-2H2. The van der Waals surface area contributed by atoms with Crippen LogP contribution >= 0.6 is 23.2 Å².